The van der Waals surface area contributed by atoms with E-state index in [9.17, 15) is 0 Å². The fourth-order valence-corrected chi connectivity index (χ4v) is 1.64. The molecular formula is C13H36N2O3. The maximum atomic E-state index is 8.39. The molecule has 0 unspecified atom stereocenters. The van der Waals surface area contributed by atoms with Crippen LogP contribution in [0.1, 0.15) is 27.7 Å². The summed E-state index contributed by atoms with van der Waals surface area (Å²) in [7, 11) is 6.16. The molecular weight excluding hydrogens is 232 g/mol. The zero-order chi connectivity index (χ0) is 13.2. The Morgan fingerprint density at radius 3 is 1.00 bits per heavy atom. The van der Waals surface area contributed by atoms with Gasteiger partial charge in [0.2, 0.25) is 0 Å². The van der Waals surface area contributed by atoms with E-state index in [1.165, 1.54) is 30.7 Å². The maximum Gasteiger partial charge on any atom is 0.101 e. The number of likely N-dealkylation sites (N-methyl/N-ethyl adjacent to an activating group) is 1. The van der Waals surface area contributed by atoms with Gasteiger partial charge in [-0.15, -0.1) is 0 Å². The zero-order valence-electron chi connectivity index (χ0n) is 13.5. The third kappa shape index (κ3) is 13.9. The van der Waals surface area contributed by atoms with Crippen LogP contribution in [0.4, 0.5) is 0 Å². The molecule has 0 spiro atoms. The molecule has 0 aliphatic heterocycles. The molecule has 5 nitrogen and oxygen atoms in total. The van der Waals surface area contributed by atoms with Gasteiger partial charge in [-0.3, -0.25) is 0 Å². The molecule has 116 valence electrons. The molecule has 3 N–H and O–H groups in total. The quantitative estimate of drug-likeness (QED) is 0.735. The van der Waals surface area contributed by atoms with Crippen molar-refractivity contribution in [3.63, 3.8) is 0 Å². The number of aliphatic hydroxyl groups is 1. The normalized spacial score (nSPS) is 10.7. The number of hydrogen-bond acceptors (Lipinski definition) is 3. The highest BCUT2D eigenvalue weighted by atomic mass is 16.3. The minimum atomic E-state index is 0. The van der Waals surface area contributed by atoms with Gasteiger partial charge in [-0.05, 0) is 27.7 Å². The van der Waals surface area contributed by atoms with Gasteiger partial charge in [0.15, 0.2) is 0 Å². The first-order valence-corrected chi connectivity index (χ1v) is 6.57. The lowest BCUT2D eigenvalue weighted by atomic mass is 10.3. The SMILES string of the molecule is CC[N+](CC)(CC)CC.C[N+](C)(C)CCO.[OH-].[OH-]. The van der Waals surface area contributed by atoms with E-state index in [1.807, 2.05) is 0 Å². The first kappa shape index (κ1) is 26.4. The van der Waals surface area contributed by atoms with Crippen molar-refractivity contribution >= 4 is 0 Å². The minimum absolute atomic E-state index is 0. The van der Waals surface area contributed by atoms with E-state index >= 15 is 0 Å². The van der Waals surface area contributed by atoms with Crippen molar-refractivity contribution in [1.82, 2.24) is 0 Å². The molecule has 0 aromatic rings. The van der Waals surface area contributed by atoms with Crippen molar-refractivity contribution in [3.8, 4) is 0 Å². The Morgan fingerprint density at radius 1 is 0.722 bits per heavy atom. The molecule has 0 amide bonds. The summed E-state index contributed by atoms with van der Waals surface area (Å²) in [4.78, 5) is 0. The van der Waals surface area contributed by atoms with Crippen molar-refractivity contribution in [3.05, 3.63) is 0 Å². The average molecular weight is 268 g/mol. The number of hydrogen-bond donors (Lipinski definition) is 1. The highest BCUT2D eigenvalue weighted by molar-refractivity contribution is 4.31. The Hall–Kier alpha value is -0.200. The fraction of sp³-hybridized carbons (Fsp3) is 1.00. The molecule has 0 rings (SSSR count). The Labute approximate surface area is 114 Å². The number of aliphatic hydroxyl groups excluding tert-OH is 1. The van der Waals surface area contributed by atoms with Gasteiger partial charge >= 0.3 is 0 Å². The predicted octanol–water partition coefficient (Wildman–Crippen LogP) is 1.21. The van der Waals surface area contributed by atoms with Crippen LogP contribution in [0.3, 0.4) is 0 Å². The van der Waals surface area contributed by atoms with Gasteiger partial charge in [0, 0.05) is 0 Å². The maximum absolute atomic E-state index is 8.39. The predicted molar refractivity (Wildman–Crippen MR) is 76.3 cm³/mol. The van der Waals surface area contributed by atoms with Crippen LogP contribution in [-0.4, -0.2) is 85.5 Å². The Bertz CT molecular complexity index is 137. The second kappa shape index (κ2) is 13.2. The van der Waals surface area contributed by atoms with Crippen molar-refractivity contribution in [1.29, 1.82) is 0 Å². The number of quaternary nitrogens is 2. The van der Waals surface area contributed by atoms with Crippen LogP contribution in [0.25, 0.3) is 0 Å². The van der Waals surface area contributed by atoms with Crippen molar-refractivity contribution in [2.75, 3.05) is 60.5 Å². The summed E-state index contributed by atoms with van der Waals surface area (Å²) in [6.07, 6.45) is 0. The molecule has 0 bridgehead atoms. The van der Waals surface area contributed by atoms with E-state index in [0.29, 0.717) is 0 Å². The average Bonchev–Trinajstić information content (AvgIpc) is 2.21. The molecule has 0 aromatic heterocycles. The summed E-state index contributed by atoms with van der Waals surface area (Å²) < 4.78 is 2.12. The number of nitrogens with zero attached hydrogens (tertiary/aromatic N) is 2. The highest BCUT2D eigenvalue weighted by Gasteiger charge is 2.16. The molecule has 0 heterocycles. The van der Waals surface area contributed by atoms with Crippen LogP contribution >= 0.6 is 0 Å². The topological polar surface area (TPSA) is 80.2 Å². The van der Waals surface area contributed by atoms with E-state index in [-0.39, 0.29) is 17.6 Å². The highest BCUT2D eigenvalue weighted by Crippen LogP contribution is 2.03. The van der Waals surface area contributed by atoms with Crippen LogP contribution in [0, 0.1) is 0 Å². The molecule has 0 radical (unpaired) electrons. The van der Waals surface area contributed by atoms with Gasteiger partial charge in [-0.2, -0.15) is 0 Å². The second-order valence-corrected chi connectivity index (χ2v) is 5.34. The van der Waals surface area contributed by atoms with Crippen molar-refractivity contribution in [2.45, 2.75) is 27.7 Å². The Morgan fingerprint density at radius 2 is 1.00 bits per heavy atom. The molecule has 0 saturated heterocycles. The molecule has 0 aliphatic rings. The Kier molecular flexibility index (Phi) is 19.4. The van der Waals surface area contributed by atoms with Gasteiger partial charge in [0.05, 0.1) is 53.9 Å². The zero-order valence-corrected chi connectivity index (χ0v) is 13.5. The third-order valence-electron chi connectivity index (χ3n) is 3.45. The van der Waals surface area contributed by atoms with Crippen LogP contribution in [0.15, 0.2) is 0 Å². The smallest absolute Gasteiger partial charge is 0.101 e. The molecule has 0 aromatic carbocycles. The van der Waals surface area contributed by atoms with E-state index in [2.05, 4.69) is 48.8 Å². The van der Waals surface area contributed by atoms with Crippen LogP contribution in [-0.2, 0) is 0 Å². The van der Waals surface area contributed by atoms with Crippen molar-refractivity contribution < 1.29 is 25.0 Å². The first-order valence-electron chi connectivity index (χ1n) is 6.57. The standard InChI is InChI=1S/C8H20N.C5H14NO.2H2O/c1-5-9(6-2,7-3)8-4;1-6(2,3)4-5-7;;/h5-8H2,1-4H3;7H,4-5H2,1-3H3;2*1H2/q2*+1;;/p-2. The van der Waals surface area contributed by atoms with E-state index in [0.717, 1.165) is 11.0 Å². The van der Waals surface area contributed by atoms with Crippen LogP contribution in [0.2, 0.25) is 0 Å². The summed E-state index contributed by atoms with van der Waals surface area (Å²) >= 11 is 0. The molecule has 0 aliphatic carbocycles. The van der Waals surface area contributed by atoms with Gasteiger partial charge in [0.25, 0.3) is 0 Å². The second-order valence-electron chi connectivity index (χ2n) is 5.34. The fourth-order valence-electron chi connectivity index (χ4n) is 1.64. The third-order valence-corrected chi connectivity index (χ3v) is 3.45. The molecule has 0 saturated carbocycles. The van der Waals surface area contributed by atoms with E-state index < -0.39 is 0 Å². The lowest BCUT2D eigenvalue weighted by Crippen LogP contribution is -2.47. The molecule has 0 atom stereocenters. The van der Waals surface area contributed by atoms with Gasteiger partial charge in [-0.1, -0.05) is 0 Å². The summed E-state index contributed by atoms with van der Waals surface area (Å²) in [5, 5.41) is 8.39. The largest absolute Gasteiger partial charge is 0.870 e. The van der Waals surface area contributed by atoms with Gasteiger partial charge in [0.1, 0.15) is 6.54 Å². The van der Waals surface area contributed by atoms with Gasteiger partial charge in [-0.25, -0.2) is 0 Å². The van der Waals surface area contributed by atoms with Gasteiger partial charge < -0.3 is 25.0 Å². The summed E-state index contributed by atoms with van der Waals surface area (Å²) in [5.41, 5.74) is 0. The summed E-state index contributed by atoms with van der Waals surface area (Å²) in [5.74, 6) is 0. The molecule has 5 heteroatoms. The van der Waals surface area contributed by atoms with Crippen LogP contribution in [0.5, 0.6) is 0 Å². The summed E-state index contributed by atoms with van der Waals surface area (Å²) in [6, 6.07) is 0. The molecule has 0 fully saturated rings. The molecule has 18 heavy (non-hydrogen) atoms. The summed E-state index contributed by atoms with van der Waals surface area (Å²) in [6.45, 7) is 15.3. The van der Waals surface area contributed by atoms with Crippen LogP contribution < -0.4 is 0 Å². The monoisotopic (exact) mass is 268 g/mol. The first-order chi connectivity index (χ1) is 7.30. The van der Waals surface area contributed by atoms with E-state index in [4.69, 9.17) is 5.11 Å². The lowest BCUT2D eigenvalue weighted by molar-refractivity contribution is -0.921. The number of rotatable bonds is 6. The van der Waals surface area contributed by atoms with Crippen molar-refractivity contribution in [2.24, 2.45) is 0 Å². The Balaban J connectivity index is -0.000000100. The van der Waals surface area contributed by atoms with E-state index in [1.54, 1.807) is 0 Å². The minimum Gasteiger partial charge on any atom is -0.870 e. The lowest BCUT2D eigenvalue weighted by Gasteiger charge is -2.34.